The molecule has 5 heteroatoms. The predicted octanol–water partition coefficient (Wildman–Crippen LogP) is 9.82. The van der Waals surface area contributed by atoms with Crippen LogP contribution in [0.4, 0.5) is 0 Å². The Kier molecular flexibility index (Phi) is 6.60. The van der Waals surface area contributed by atoms with Crippen LogP contribution in [0, 0.1) is 0 Å². The van der Waals surface area contributed by atoms with Gasteiger partial charge in [0.2, 0.25) is 0 Å². The molecule has 0 aliphatic rings. The van der Waals surface area contributed by atoms with Gasteiger partial charge in [-0.1, -0.05) is 84.5 Å². The standard InChI is InChI=1S/C26H19Cl4N/c1-15(2)16-3-5-17(6-4-16)18-11-25(21-9-7-19(27)13-23(21)29)31-26(12-18)22-10-8-20(28)14-24(22)30/h3-15H,1-2H3. The Hall–Kier alpha value is -2.03. The molecule has 0 spiro atoms. The van der Waals surface area contributed by atoms with E-state index in [2.05, 4.69) is 38.1 Å². The Balaban J connectivity index is 1.92. The lowest BCUT2D eigenvalue weighted by Crippen LogP contribution is -1.93. The Morgan fingerprint density at radius 3 is 1.48 bits per heavy atom. The van der Waals surface area contributed by atoms with Gasteiger partial charge in [-0.05, 0) is 71.1 Å². The molecule has 0 N–H and O–H groups in total. The number of hydrogen-bond donors (Lipinski definition) is 0. The molecule has 0 aliphatic carbocycles. The van der Waals surface area contributed by atoms with Crippen LogP contribution in [0.25, 0.3) is 33.6 Å². The lowest BCUT2D eigenvalue weighted by molar-refractivity contribution is 0.867. The third-order valence-corrected chi connectivity index (χ3v) is 6.25. The van der Waals surface area contributed by atoms with Gasteiger partial charge in [-0.25, -0.2) is 4.98 Å². The summed E-state index contributed by atoms with van der Waals surface area (Å²) in [5.41, 5.74) is 6.49. The van der Waals surface area contributed by atoms with E-state index in [1.165, 1.54) is 5.56 Å². The third kappa shape index (κ3) is 4.91. The zero-order valence-electron chi connectivity index (χ0n) is 17.0. The summed E-state index contributed by atoms with van der Waals surface area (Å²) in [6.07, 6.45) is 0. The van der Waals surface area contributed by atoms with Crippen LogP contribution in [0.1, 0.15) is 25.3 Å². The zero-order valence-corrected chi connectivity index (χ0v) is 20.0. The second kappa shape index (κ2) is 9.22. The van der Waals surface area contributed by atoms with Gasteiger partial charge in [0.15, 0.2) is 0 Å². The largest absolute Gasteiger partial charge is 0.248 e. The van der Waals surface area contributed by atoms with E-state index in [1.807, 2.05) is 36.4 Å². The minimum atomic E-state index is 0.471. The van der Waals surface area contributed by atoms with Gasteiger partial charge in [0.1, 0.15) is 0 Å². The summed E-state index contributed by atoms with van der Waals surface area (Å²) in [5.74, 6) is 0.471. The van der Waals surface area contributed by atoms with E-state index in [9.17, 15) is 0 Å². The maximum Gasteiger partial charge on any atom is 0.0730 e. The molecule has 4 rings (SSSR count). The number of rotatable bonds is 4. The highest BCUT2D eigenvalue weighted by molar-refractivity contribution is 6.37. The van der Waals surface area contributed by atoms with Crippen LogP contribution in [-0.4, -0.2) is 4.98 Å². The van der Waals surface area contributed by atoms with Gasteiger partial charge in [-0.15, -0.1) is 0 Å². The monoisotopic (exact) mass is 485 g/mol. The fourth-order valence-corrected chi connectivity index (χ4v) is 4.44. The van der Waals surface area contributed by atoms with Crippen molar-refractivity contribution in [3.05, 3.63) is 98.5 Å². The molecule has 0 radical (unpaired) electrons. The van der Waals surface area contributed by atoms with E-state index in [1.54, 1.807) is 12.1 Å². The lowest BCUT2D eigenvalue weighted by atomic mass is 9.97. The molecule has 0 saturated heterocycles. The summed E-state index contributed by atoms with van der Waals surface area (Å²) >= 11 is 25.2. The number of hydrogen-bond acceptors (Lipinski definition) is 1. The first-order valence-electron chi connectivity index (χ1n) is 9.85. The van der Waals surface area contributed by atoms with E-state index in [0.717, 1.165) is 33.6 Å². The number of halogens is 4. The molecule has 0 fully saturated rings. The molecule has 1 nitrogen and oxygen atoms in total. The number of nitrogens with zero attached hydrogens (tertiary/aromatic N) is 1. The highest BCUT2D eigenvalue weighted by Crippen LogP contribution is 2.37. The maximum atomic E-state index is 6.50. The van der Waals surface area contributed by atoms with Crippen LogP contribution < -0.4 is 0 Å². The van der Waals surface area contributed by atoms with Crippen molar-refractivity contribution in [2.45, 2.75) is 19.8 Å². The van der Waals surface area contributed by atoms with E-state index < -0.39 is 0 Å². The second-order valence-electron chi connectivity index (χ2n) is 7.65. The number of benzene rings is 3. The fourth-order valence-electron chi connectivity index (χ4n) is 3.43. The smallest absolute Gasteiger partial charge is 0.0730 e. The average Bonchev–Trinajstić information content (AvgIpc) is 2.73. The molecular formula is C26H19Cl4N. The van der Waals surface area contributed by atoms with Crippen LogP contribution in [0.5, 0.6) is 0 Å². The highest BCUT2D eigenvalue weighted by atomic mass is 35.5. The van der Waals surface area contributed by atoms with Gasteiger partial charge < -0.3 is 0 Å². The Bertz CT molecular complexity index is 1180. The molecule has 0 atom stereocenters. The number of pyridine rings is 1. The highest BCUT2D eigenvalue weighted by Gasteiger charge is 2.14. The van der Waals surface area contributed by atoms with Crippen molar-refractivity contribution in [1.82, 2.24) is 4.98 Å². The zero-order chi connectivity index (χ0) is 22.1. The van der Waals surface area contributed by atoms with Crippen LogP contribution in [0.3, 0.4) is 0 Å². The van der Waals surface area contributed by atoms with Crippen LogP contribution in [-0.2, 0) is 0 Å². The van der Waals surface area contributed by atoms with Gasteiger partial charge in [-0.3, -0.25) is 0 Å². The van der Waals surface area contributed by atoms with Crippen molar-refractivity contribution in [3.63, 3.8) is 0 Å². The van der Waals surface area contributed by atoms with Gasteiger partial charge in [-0.2, -0.15) is 0 Å². The summed E-state index contributed by atoms with van der Waals surface area (Å²) in [6, 6.07) is 23.5. The summed E-state index contributed by atoms with van der Waals surface area (Å²) < 4.78 is 0. The van der Waals surface area contributed by atoms with E-state index in [-0.39, 0.29) is 0 Å². The van der Waals surface area contributed by atoms with Crippen molar-refractivity contribution >= 4 is 46.4 Å². The summed E-state index contributed by atoms with van der Waals surface area (Å²) in [4.78, 5) is 4.87. The van der Waals surface area contributed by atoms with E-state index in [4.69, 9.17) is 51.4 Å². The average molecular weight is 487 g/mol. The molecule has 0 aliphatic heterocycles. The molecule has 31 heavy (non-hydrogen) atoms. The third-order valence-electron chi connectivity index (χ3n) is 5.15. The van der Waals surface area contributed by atoms with Crippen LogP contribution in [0.15, 0.2) is 72.8 Å². The first-order valence-corrected chi connectivity index (χ1v) is 11.4. The molecule has 4 aromatic rings. The van der Waals surface area contributed by atoms with Crippen LogP contribution >= 0.6 is 46.4 Å². The quantitative estimate of drug-likeness (QED) is 0.279. The Labute approximate surface area is 202 Å². The van der Waals surface area contributed by atoms with Gasteiger partial charge in [0.05, 0.1) is 21.4 Å². The van der Waals surface area contributed by atoms with Crippen molar-refractivity contribution < 1.29 is 0 Å². The summed E-state index contributed by atoms with van der Waals surface area (Å²) in [6.45, 7) is 4.37. The van der Waals surface area contributed by atoms with Crippen molar-refractivity contribution in [1.29, 1.82) is 0 Å². The summed E-state index contributed by atoms with van der Waals surface area (Å²) in [5, 5.41) is 2.24. The first-order chi connectivity index (χ1) is 14.8. The molecule has 156 valence electrons. The fraction of sp³-hybridized carbons (Fsp3) is 0.115. The van der Waals surface area contributed by atoms with E-state index >= 15 is 0 Å². The minimum Gasteiger partial charge on any atom is -0.248 e. The maximum absolute atomic E-state index is 6.50. The SMILES string of the molecule is CC(C)c1ccc(-c2cc(-c3ccc(Cl)cc3Cl)nc(-c3ccc(Cl)cc3Cl)c2)cc1. The molecule has 3 aromatic carbocycles. The lowest BCUT2D eigenvalue weighted by Gasteiger charge is -2.13. The van der Waals surface area contributed by atoms with Gasteiger partial charge >= 0.3 is 0 Å². The Morgan fingerprint density at radius 2 is 1.06 bits per heavy atom. The first kappa shape index (κ1) is 22.2. The normalized spacial score (nSPS) is 11.2. The molecule has 1 aromatic heterocycles. The van der Waals surface area contributed by atoms with Gasteiger partial charge in [0, 0.05) is 21.2 Å². The van der Waals surface area contributed by atoms with Gasteiger partial charge in [0.25, 0.3) is 0 Å². The second-order valence-corrected chi connectivity index (χ2v) is 9.34. The molecule has 1 heterocycles. The van der Waals surface area contributed by atoms with Crippen molar-refractivity contribution in [3.8, 4) is 33.6 Å². The van der Waals surface area contributed by atoms with Crippen molar-refractivity contribution in [2.24, 2.45) is 0 Å². The topological polar surface area (TPSA) is 12.9 Å². The Morgan fingerprint density at radius 1 is 0.581 bits per heavy atom. The number of aromatic nitrogens is 1. The molecule has 0 amide bonds. The van der Waals surface area contributed by atoms with E-state index in [0.29, 0.717) is 26.0 Å². The molecule has 0 bridgehead atoms. The van der Waals surface area contributed by atoms with Crippen LogP contribution in [0.2, 0.25) is 20.1 Å². The minimum absolute atomic E-state index is 0.471. The predicted molar refractivity (Wildman–Crippen MR) is 135 cm³/mol. The molecular weight excluding hydrogens is 468 g/mol. The summed E-state index contributed by atoms with van der Waals surface area (Å²) in [7, 11) is 0. The molecule has 0 saturated carbocycles. The van der Waals surface area contributed by atoms with Crippen molar-refractivity contribution in [2.75, 3.05) is 0 Å². The molecule has 0 unspecified atom stereocenters.